The first-order valence-corrected chi connectivity index (χ1v) is 7.14. The molecule has 2 aromatic rings. The lowest BCUT2D eigenvalue weighted by molar-refractivity contribution is -0.174. The zero-order valence-corrected chi connectivity index (χ0v) is 12.6. The van der Waals surface area contributed by atoms with E-state index in [1.807, 2.05) is 42.5 Å². The number of benzene rings is 2. The quantitative estimate of drug-likeness (QED) is 0.842. The maximum atomic E-state index is 12.5. The van der Waals surface area contributed by atoms with Gasteiger partial charge in [-0.3, -0.25) is 14.4 Å². The molecule has 1 aliphatic rings. The van der Waals surface area contributed by atoms with Crippen LogP contribution in [0.25, 0.3) is 10.8 Å². The van der Waals surface area contributed by atoms with E-state index in [2.05, 4.69) is 5.32 Å². The number of amides is 2. The van der Waals surface area contributed by atoms with Gasteiger partial charge in [-0.25, -0.2) is 5.06 Å². The SMILES string of the molecule is CON(Cc1cccc2ccccc12)C(=O)C1=C(O)C(=O)NC1. The molecule has 118 valence electrons. The number of aliphatic hydroxyl groups is 1. The van der Waals surface area contributed by atoms with Crippen molar-refractivity contribution in [3.8, 4) is 0 Å². The molecule has 0 atom stereocenters. The highest BCUT2D eigenvalue weighted by atomic mass is 16.7. The van der Waals surface area contributed by atoms with Crippen molar-refractivity contribution < 1.29 is 19.5 Å². The van der Waals surface area contributed by atoms with Gasteiger partial charge < -0.3 is 10.4 Å². The molecule has 0 aromatic heterocycles. The van der Waals surface area contributed by atoms with Crippen LogP contribution < -0.4 is 5.32 Å². The minimum Gasteiger partial charge on any atom is -0.503 e. The van der Waals surface area contributed by atoms with Crippen LogP contribution in [0.3, 0.4) is 0 Å². The van der Waals surface area contributed by atoms with Crippen molar-refractivity contribution in [3.63, 3.8) is 0 Å². The maximum absolute atomic E-state index is 12.5. The van der Waals surface area contributed by atoms with E-state index in [-0.39, 0.29) is 18.7 Å². The lowest BCUT2D eigenvalue weighted by Gasteiger charge is -2.21. The third-order valence-corrected chi connectivity index (χ3v) is 3.83. The molecule has 0 fully saturated rings. The number of nitrogens with zero attached hydrogens (tertiary/aromatic N) is 1. The van der Waals surface area contributed by atoms with Crippen LogP contribution in [0.4, 0.5) is 0 Å². The summed E-state index contributed by atoms with van der Waals surface area (Å²) >= 11 is 0. The molecule has 6 nitrogen and oxygen atoms in total. The van der Waals surface area contributed by atoms with Crippen molar-refractivity contribution in [3.05, 3.63) is 59.4 Å². The third-order valence-electron chi connectivity index (χ3n) is 3.83. The van der Waals surface area contributed by atoms with Crippen LogP contribution in [0.1, 0.15) is 5.56 Å². The lowest BCUT2D eigenvalue weighted by Crippen LogP contribution is -2.32. The van der Waals surface area contributed by atoms with Crippen molar-refractivity contribution in [1.82, 2.24) is 10.4 Å². The van der Waals surface area contributed by atoms with Crippen molar-refractivity contribution in [1.29, 1.82) is 0 Å². The van der Waals surface area contributed by atoms with Gasteiger partial charge >= 0.3 is 0 Å². The molecule has 2 N–H and O–H groups in total. The summed E-state index contributed by atoms with van der Waals surface area (Å²) in [5.74, 6) is -1.72. The predicted molar refractivity (Wildman–Crippen MR) is 84.2 cm³/mol. The Kier molecular flexibility index (Phi) is 3.99. The molecule has 0 unspecified atom stereocenters. The molecule has 23 heavy (non-hydrogen) atoms. The van der Waals surface area contributed by atoms with E-state index in [1.165, 1.54) is 7.11 Å². The summed E-state index contributed by atoms with van der Waals surface area (Å²) in [5.41, 5.74) is 0.924. The van der Waals surface area contributed by atoms with Crippen molar-refractivity contribution in [2.45, 2.75) is 6.54 Å². The molecular formula is C17H16N2O4. The summed E-state index contributed by atoms with van der Waals surface area (Å²) in [5, 5.41) is 15.3. The number of hydroxylamine groups is 2. The number of nitrogens with one attached hydrogen (secondary N) is 1. The fourth-order valence-corrected chi connectivity index (χ4v) is 2.60. The normalized spacial score (nSPS) is 14.2. The van der Waals surface area contributed by atoms with Crippen LogP contribution in [0.5, 0.6) is 0 Å². The predicted octanol–water partition coefficient (Wildman–Crippen LogP) is 1.67. The van der Waals surface area contributed by atoms with Gasteiger partial charge in [-0.2, -0.15) is 0 Å². The molecule has 0 spiro atoms. The van der Waals surface area contributed by atoms with Crippen LogP contribution in [-0.4, -0.2) is 35.6 Å². The molecule has 0 radical (unpaired) electrons. The Balaban J connectivity index is 1.90. The zero-order valence-electron chi connectivity index (χ0n) is 12.6. The number of hydrogen-bond acceptors (Lipinski definition) is 4. The molecule has 0 bridgehead atoms. The Bertz CT molecular complexity index is 808. The van der Waals surface area contributed by atoms with E-state index >= 15 is 0 Å². The number of carbonyl (C=O) groups is 2. The van der Waals surface area contributed by atoms with Crippen LogP contribution in [-0.2, 0) is 21.0 Å². The summed E-state index contributed by atoms with van der Waals surface area (Å²) in [6, 6.07) is 13.7. The zero-order chi connectivity index (χ0) is 16.4. The van der Waals surface area contributed by atoms with E-state index in [1.54, 1.807) is 0 Å². The van der Waals surface area contributed by atoms with Gasteiger partial charge in [0.05, 0.1) is 25.8 Å². The van der Waals surface area contributed by atoms with E-state index < -0.39 is 17.6 Å². The van der Waals surface area contributed by atoms with Gasteiger partial charge in [-0.05, 0) is 16.3 Å². The Hall–Kier alpha value is -2.86. The van der Waals surface area contributed by atoms with E-state index in [4.69, 9.17) is 4.84 Å². The van der Waals surface area contributed by atoms with Gasteiger partial charge in [0.25, 0.3) is 11.8 Å². The van der Waals surface area contributed by atoms with Gasteiger partial charge in [0.2, 0.25) is 0 Å². The summed E-state index contributed by atoms with van der Waals surface area (Å²) in [7, 11) is 1.38. The second-order valence-corrected chi connectivity index (χ2v) is 5.17. The number of fused-ring (bicyclic) bond motifs is 1. The number of aliphatic hydroxyl groups excluding tert-OH is 1. The fourth-order valence-electron chi connectivity index (χ4n) is 2.60. The second kappa shape index (κ2) is 6.10. The van der Waals surface area contributed by atoms with Crippen LogP contribution in [0.15, 0.2) is 53.8 Å². The Morgan fingerprint density at radius 2 is 2.00 bits per heavy atom. The van der Waals surface area contributed by atoms with Crippen molar-refractivity contribution in [2.24, 2.45) is 0 Å². The van der Waals surface area contributed by atoms with Crippen LogP contribution >= 0.6 is 0 Å². The van der Waals surface area contributed by atoms with E-state index in [9.17, 15) is 14.7 Å². The smallest absolute Gasteiger partial charge is 0.286 e. The number of rotatable bonds is 4. The summed E-state index contributed by atoms with van der Waals surface area (Å²) in [6.45, 7) is 0.209. The topological polar surface area (TPSA) is 78.9 Å². The van der Waals surface area contributed by atoms with Gasteiger partial charge in [0.1, 0.15) is 0 Å². The van der Waals surface area contributed by atoms with E-state index in [0.717, 1.165) is 21.4 Å². The molecule has 2 amide bonds. The number of hydrogen-bond donors (Lipinski definition) is 2. The van der Waals surface area contributed by atoms with Gasteiger partial charge in [-0.1, -0.05) is 42.5 Å². The minimum atomic E-state index is -0.644. The van der Waals surface area contributed by atoms with Gasteiger partial charge in [0, 0.05) is 0 Å². The first kappa shape index (κ1) is 15.1. The summed E-state index contributed by atoms with van der Waals surface area (Å²) in [4.78, 5) is 28.9. The maximum Gasteiger partial charge on any atom is 0.286 e. The Morgan fingerprint density at radius 3 is 2.70 bits per heavy atom. The summed E-state index contributed by atoms with van der Waals surface area (Å²) < 4.78 is 0. The molecular weight excluding hydrogens is 296 g/mol. The second-order valence-electron chi connectivity index (χ2n) is 5.17. The Morgan fingerprint density at radius 1 is 1.26 bits per heavy atom. The average Bonchev–Trinajstić information content (AvgIpc) is 2.91. The average molecular weight is 312 g/mol. The molecule has 0 aliphatic carbocycles. The molecule has 3 rings (SSSR count). The van der Waals surface area contributed by atoms with Crippen LogP contribution in [0, 0.1) is 0 Å². The molecule has 0 saturated heterocycles. The minimum absolute atomic E-state index is 0.00109. The monoisotopic (exact) mass is 312 g/mol. The largest absolute Gasteiger partial charge is 0.503 e. The number of carbonyl (C=O) groups excluding carboxylic acids is 2. The molecule has 6 heteroatoms. The highest BCUT2D eigenvalue weighted by Gasteiger charge is 2.30. The van der Waals surface area contributed by atoms with Crippen LogP contribution in [0.2, 0.25) is 0 Å². The summed E-state index contributed by atoms with van der Waals surface area (Å²) in [6.07, 6.45) is 0. The highest BCUT2D eigenvalue weighted by molar-refractivity contribution is 6.06. The van der Waals surface area contributed by atoms with Gasteiger partial charge in [-0.15, -0.1) is 0 Å². The third kappa shape index (κ3) is 2.76. The lowest BCUT2D eigenvalue weighted by atomic mass is 10.0. The molecule has 1 aliphatic heterocycles. The van der Waals surface area contributed by atoms with Crippen molar-refractivity contribution >= 4 is 22.6 Å². The Labute approximate surface area is 132 Å². The van der Waals surface area contributed by atoms with E-state index in [0.29, 0.717) is 0 Å². The van der Waals surface area contributed by atoms with Gasteiger partial charge in [0.15, 0.2) is 5.76 Å². The first-order chi connectivity index (χ1) is 11.1. The van der Waals surface area contributed by atoms with Crippen molar-refractivity contribution in [2.75, 3.05) is 13.7 Å². The highest BCUT2D eigenvalue weighted by Crippen LogP contribution is 2.21. The first-order valence-electron chi connectivity index (χ1n) is 7.14. The molecule has 0 saturated carbocycles. The standard InChI is InChI=1S/C17H16N2O4/c1-23-19(17(22)14-9-18-16(21)15(14)20)10-12-7-4-6-11-5-2-3-8-13(11)12/h2-8,20H,9-10H2,1H3,(H,18,21). The fraction of sp³-hybridized carbons (Fsp3) is 0.176. The molecule has 1 heterocycles. The molecule has 2 aromatic carbocycles.